The number of nitrogen functional groups attached to an aromatic ring is 1. The van der Waals surface area contributed by atoms with Crippen LogP contribution in [0.25, 0.3) is 0 Å². The fourth-order valence-electron chi connectivity index (χ4n) is 1.86. The van der Waals surface area contributed by atoms with Gasteiger partial charge in [0, 0.05) is 18.3 Å². The standard InChI is InChI=1S/C13H16N2O2/c1-8(2)7-15-11-5-4-10(14)6-12(11)17-9(3)13(15)16/h4-6,9H,1,7,14H2,2-3H3. The van der Waals surface area contributed by atoms with E-state index in [2.05, 4.69) is 6.58 Å². The predicted octanol–water partition coefficient (Wildman–Crippen LogP) is 1.96. The van der Waals surface area contributed by atoms with E-state index in [4.69, 9.17) is 10.5 Å². The molecular weight excluding hydrogens is 216 g/mol. The Bertz CT molecular complexity index is 482. The van der Waals surface area contributed by atoms with Gasteiger partial charge in [0.2, 0.25) is 0 Å². The first-order valence-corrected chi connectivity index (χ1v) is 5.51. The van der Waals surface area contributed by atoms with Crippen LogP contribution in [0.15, 0.2) is 30.4 Å². The summed E-state index contributed by atoms with van der Waals surface area (Å²) in [6.45, 7) is 7.97. The maximum Gasteiger partial charge on any atom is 0.268 e. The van der Waals surface area contributed by atoms with Crippen LogP contribution in [0.2, 0.25) is 0 Å². The monoisotopic (exact) mass is 232 g/mol. The Morgan fingerprint density at radius 1 is 1.59 bits per heavy atom. The first kappa shape index (κ1) is 11.5. The van der Waals surface area contributed by atoms with E-state index in [-0.39, 0.29) is 5.91 Å². The number of amides is 1. The minimum atomic E-state index is -0.483. The van der Waals surface area contributed by atoms with E-state index < -0.39 is 6.10 Å². The number of hydrogen-bond donors (Lipinski definition) is 1. The number of nitrogens with zero attached hydrogens (tertiary/aromatic N) is 1. The normalized spacial score (nSPS) is 18.6. The van der Waals surface area contributed by atoms with E-state index in [1.165, 1.54) is 0 Å². The zero-order chi connectivity index (χ0) is 12.6. The number of carbonyl (C=O) groups excluding carboxylic acids is 1. The number of hydrogen-bond acceptors (Lipinski definition) is 3. The summed E-state index contributed by atoms with van der Waals surface area (Å²) in [5, 5.41) is 0. The van der Waals surface area contributed by atoms with Crippen molar-refractivity contribution in [3.8, 4) is 5.75 Å². The molecule has 1 aromatic carbocycles. The van der Waals surface area contributed by atoms with Crippen LogP contribution in [0, 0.1) is 0 Å². The summed E-state index contributed by atoms with van der Waals surface area (Å²) >= 11 is 0. The van der Waals surface area contributed by atoms with Crippen LogP contribution in [-0.2, 0) is 4.79 Å². The number of benzene rings is 1. The van der Waals surface area contributed by atoms with Gasteiger partial charge in [-0.15, -0.1) is 0 Å². The molecule has 0 aliphatic carbocycles. The summed E-state index contributed by atoms with van der Waals surface area (Å²) in [5.41, 5.74) is 8.01. The SMILES string of the molecule is C=C(C)CN1C(=O)C(C)Oc2cc(N)ccc21. The number of nitrogens with two attached hydrogens (primary N) is 1. The molecule has 0 fully saturated rings. The largest absolute Gasteiger partial charge is 0.479 e. The third kappa shape index (κ3) is 2.11. The van der Waals surface area contributed by atoms with Crippen molar-refractivity contribution < 1.29 is 9.53 Å². The molecule has 1 atom stereocenters. The average Bonchev–Trinajstić information content (AvgIpc) is 2.24. The van der Waals surface area contributed by atoms with Gasteiger partial charge in [-0.05, 0) is 26.0 Å². The van der Waals surface area contributed by atoms with Crippen molar-refractivity contribution in [2.75, 3.05) is 17.2 Å². The van der Waals surface area contributed by atoms with Gasteiger partial charge in [-0.3, -0.25) is 4.79 Å². The van der Waals surface area contributed by atoms with Crippen LogP contribution in [0.1, 0.15) is 13.8 Å². The predicted molar refractivity (Wildman–Crippen MR) is 68.1 cm³/mol. The minimum Gasteiger partial charge on any atom is -0.479 e. The van der Waals surface area contributed by atoms with E-state index >= 15 is 0 Å². The summed E-state index contributed by atoms with van der Waals surface area (Å²) in [7, 11) is 0. The highest BCUT2D eigenvalue weighted by Gasteiger charge is 2.31. The fourth-order valence-corrected chi connectivity index (χ4v) is 1.86. The van der Waals surface area contributed by atoms with Crippen molar-refractivity contribution in [1.82, 2.24) is 0 Å². The molecule has 4 heteroatoms. The summed E-state index contributed by atoms with van der Waals surface area (Å²) in [4.78, 5) is 13.7. The second-order valence-corrected chi connectivity index (χ2v) is 4.37. The quantitative estimate of drug-likeness (QED) is 0.626. The Morgan fingerprint density at radius 3 is 2.94 bits per heavy atom. The minimum absolute atomic E-state index is 0.0507. The van der Waals surface area contributed by atoms with E-state index in [1.54, 1.807) is 30.0 Å². The van der Waals surface area contributed by atoms with E-state index in [0.29, 0.717) is 18.0 Å². The second-order valence-electron chi connectivity index (χ2n) is 4.37. The van der Waals surface area contributed by atoms with Gasteiger partial charge >= 0.3 is 0 Å². The van der Waals surface area contributed by atoms with Gasteiger partial charge in [0.25, 0.3) is 5.91 Å². The molecule has 1 heterocycles. The summed E-state index contributed by atoms with van der Waals surface area (Å²) in [6, 6.07) is 5.30. The van der Waals surface area contributed by atoms with E-state index in [9.17, 15) is 4.79 Å². The Hall–Kier alpha value is -1.97. The molecule has 0 bridgehead atoms. The third-order valence-electron chi connectivity index (χ3n) is 2.62. The van der Waals surface area contributed by atoms with Gasteiger partial charge in [-0.25, -0.2) is 0 Å². The van der Waals surface area contributed by atoms with Gasteiger partial charge in [-0.2, -0.15) is 0 Å². The molecule has 1 aromatic rings. The third-order valence-corrected chi connectivity index (χ3v) is 2.62. The van der Waals surface area contributed by atoms with Crippen LogP contribution in [0.4, 0.5) is 11.4 Å². The summed E-state index contributed by atoms with van der Waals surface area (Å²) in [5.74, 6) is 0.601. The molecule has 4 nitrogen and oxygen atoms in total. The van der Waals surface area contributed by atoms with Crippen molar-refractivity contribution in [3.05, 3.63) is 30.4 Å². The Balaban J connectivity index is 2.45. The molecule has 0 spiro atoms. The van der Waals surface area contributed by atoms with Crippen LogP contribution in [0.5, 0.6) is 5.75 Å². The molecule has 0 aromatic heterocycles. The Morgan fingerprint density at radius 2 is 2.29 bits per heavy atom. The van der Waals surface area contributed by atoms with Crippen molar-refractivity contribution in [3.63, 3.8) is 0 Å². The molecule has 90 valence electrons. The smallest absolute Gasteiger partial charge is 0.268 e. The Kier molecular flexibility index (Phi) is 2.79. The zero-order valence-corrected chi connectivity index (χ0v) is 10.1. The molecule has 0 saturated carbocycles. The fraction of sp³-hybridized carbons (Fsp3) is 0.308. The lowest BCUT2D eigenvalue weighted by molar-refractivity contribution is -0.125. The molecule has 1 aliphatic rings. The number of ether oxygens (including phenoxy) is 1. The van der Waals surface area contributed by atoms with E-state index in [1.807, 2.05) is 6.92 Å². The molecule has 2 rings (SSSR count). The van der Waals surface area contributed by atoms with Crippen molar-refractivity contribution in [2.45, 2.75) is 20.0 Å². The molecule has 1 aliphatic heterocycles. The molecule has 0 saturated heterocycles. The van der Waals surface area contributed by atoms with Gasteiger partial charge in [0.15, 0.2) is 6.10 Å². The van der Waals surface area contributed by atoms with Gasteiger partial charge < -0.3 is 15.4 Å². The molecule has 2 N–H and O–H groups in total. The lowest BCUT2D eigenvalue weighted by atomic mass is 10.1. The van der Waals surface area contributed by atoms with Gasteiger partial charge in [-0.1, -0.05) is 12.2 Å². The maximum absolute atomic E-state index is 12.0. The molecular formula is C13H16N2O2. The number of anilines is 2. The van der Waals surface area contributed by atoms with Crippen molar-refractivity contribution in [1.29, 1.82) is 0 Å². The van der Waals surface area contributed by atoms with Crippen molar-refractivity contribution >= 4 is 17.3 Å². The summed E-state index contributed by atoms with van der Waals surface area (Å²) in [6.07, 6.45) is -0.483. The van der Waals surface area contributed by atoms with Gasteiger partial charge in [0.1, 0.15) is 5.75 Å². The van der Waals surface area contributed by atoms with Gasteiger partial charge in [0.05, 0.1) is 5.69 Å². The van der Waals surface area contributed by atoms with Crippen LogP contribution in [-0.4, -0.2) is 18.6 Å². The van der Waals surface area contributed by atoms with Crippen molar-refractivity contribution in [2.24, 2.45) is 0 Å². The number of rotatable bonds is 2. The molecule has 1 amide bonds. The van der Waals surface area contributed by atoms with Crippen LogP contribution in [0.3, 0.4) is 0 Å². The summed E-state index contributed by atoms with van der Waals surface area (Å²) < 4.78 is 5.54. The average molecular weight is 232 g/mol. The lowest BCUT2D eigenvalue weighted by Crippen LogP contribution is -2.45. The number of carbonyl (C=O) groups is 1. The first-order valence-electron chi connectivity index (χ1n) is 5.51. The topological polar surface area (TPSA) is 55.6 Å². The molecule has 17 heavy (non-hydrogen) atoms. The Labute approximate surface area is 101 Å². The lowest BCUT2D eigenvalue weighted by Gasteiger charge is -2.33. The highest BCUT2D eigenvalue weighted by Crippen LogP contribution is 2.35. The highest BCUT2D eigenvalue weighted by atomic mass is 16.5. The number of fused-ring (bicyclic) bond motifs is 1. The van der Waals surface area contributed by atoms with Crippen LogP contribution < -0.4 is 15.4 Å². The second kappa shape index (κ2) is 4.13. The molecule has 0 radical (unpaired) electrons. The first-order chi connectivity index (χ1) is 7.99. The van der Waals surface area contributed by atoms with Crippen LogP contribution >= 0.6 is 0 Å². The van der Waals surface area contributed by atoms with E-state index in [0.717, 1.165) is 11.3 Å². The maximum atomic E-state index is 12.0. The zero-order valence-electron chi connectivity index (χ0n) is 10.1. The highest BCUT2D eigenvalue weighted by molar-refractivity contribution is 6.00. The molecule has 1 unspecified atom stereocenters.